The lowest BCUT2D eigenvalue weighted by molar-refractivity contribution is -0.121. The van der Waals surface area contributed by atoms with Gasteiger partial charge in [0.25, 0.3) is 0 Å². The molecule has 9 rings (SSSR count). The van der Waals surface area contributed by atoms with Gasteiger partial charge in [-0.25, -0.2) is 0 Å². The van der Waals surface area contributed by atoms with E-state index in [0.29, 0.717) is 50.1 Å². The summed E-state index contributed by atoms with van der Waals surface area (Å²) >= 11 is 0. The number of ether oxygens (including phenoxy) is 3. The van der Waals surface area contributed by atoms with Crippen LogP contribution in [-0.4, -0.2) is 52.1 Å². The Bertz CT molecular complexity index is 2470. The molecule has 2 heterocycles. The van der Waals surface area contributed by atoms with Crippen molar-refractivity contribution in [3.05, 3.63) is 123 Å². The van der Waals surface area contributed by atoms with E-state index in [1.165, 1.54) is 5.56 Å². The monoisotopic (exact) mass is 837 g/mol. The number of hydrogen-bond acceptors (Lipinski definition) is 9. The van der Waals surface area contributed by atoms with Gasteiger partial charge in [0.1, 0.15) is 36.1 Å². The van der Waals surface area contributed by atoms with Gasteiger partial charge in [-0.3, -0.25) is 4.79 Å². The second kappa shape index (κ2) is 19.1. The van der Waals surface area contributed by atoms with Crippen LogP contribution in [-0.2, 0) is 42.0 Å². The first-order valence-corrected chi connectivity index (χ1v) is 22.3. The van der Waals surface area contributed by atoms with Crippen molar-refractivity contribution >= 4 is 28.3 Å². The normalized spacial score (nSPS) is 22.2. The molecule has 5 N–H and O–H groups in total. The number of aryl methyl sites for hydroxylation is 3. The minimum Gasteiger partial charge on any atom is -0.508 e. The third-order valence-corrected chi connectivity index (χ3v) is 13.2. The van der Waals surface area contributed by atoms with E-state index in [1.54, 1.807) is 20.1 Å². The van der Waals surface area contributed by atoms with Gasteiger partial charge in [0.2, 0.25) is 0 Å². The second-order valence-corrected chi connectivity index (χ2v) is 17.6. The zero-order valence-electron chi connectivity index (χ0n) is 36.1. The molecule has 4 aromatic carbocycles. The van der Waals surface area contributed by atoms with Crippen LogP contribution < -0.4 is 14.8 Å². The minimum atomic E-state index is -0.523. The van der Waals surface area contributed by atoms with Crippen molar-refractivity contribution in [2.75, 3.05) is 19.0 Å². The maximum atomic E-state index is 13.8. The van der Waals surface area contributed by atoms with E-state index in [-0.39, 0.29) is 60.6 Å². The summed E-state index contributed by atoms with van der Waals surface area (Å²) in [6, 6.07) is 16.0. The van der Waals surface area contributed by atoms with Crippen molar-refractivity contribution in [1.29, 1.82) is 0 Å². The molecule has 62 heavy (non-hydrogen) atoms. The predicted molar refractivity (Wildman–Crippen MR) is 244 cm³/mol. The molecule has 3 aliphatic carbocycles. The second-order valence-electron chi connectivity index (χ2n) is 17.6. The summed E-state index contributed by atoms with van der Waals surface area (Å²) in [6.07, 6.45) is 18.7. The van der Waals surface area contributed by atoms with Gasteiger partial charge in [-0.2, -0.15) is 0 Å². The van der Waals surface area contributed by atoms with Gasteiger partial charge in [0.05, 0.1) is 25.7 Å². The number of ketones is 1. The number of unbranched alkanes of at least 4 members (excludes halogenated alkanes) is 1. The minimum absolute atomic E-state index is 0.0561. The Kier molecular flexibility index (Phi) is 13.3. The number of methoxy groups -OCH3 is 1. The molecule has 9 heteroatoms. The SMILES string of the molecule is COc1ccc2cc1OCc1c(CO)c3c4c(c(O)cc5c4c1C=C[C@@H]5C)[C@H](C#CO[C@@H](C[C@H]1C=C(O)C=C[C@@H]1CCCCc1cccc(NC[C@H](C)O)c1)CC(=O)CC2)CC3. The van der Waals surface area contributed by atoms with Crippen LogP contribution in [0.2, 0.25) is 0 Å². The maximum absolute atomic E-state index is 13.8. The van der Waals surface area contributed by atoms with Gasteiger partial charge in [0, 0.05) is 42.1 Å². The fraction of sp³-hybridized carbons (Fsp3) is 0.415. The van der Waals surface area contributed by atoms with Gasteiger partial charge in [-0.15, -0.1) is 0 Å². The molecule has 0 spiro atoms. The summed E-state index contributed by atoms with van der Waals surface area (Å²) in [6.45, 7) is 4.42. The number of allylic oxidation sites excluding steroid dienone is 4. The number of carbonyl (C=O) groups excluding carboxylic acids is 1. The van der Waals surface area contributed by atoms with E-state index in [0.717, 1.165) is 81.1 Å². The molecule has 0 saturated heterocycles. The molecule has 0 saturated carbocycles. The molecule has 4 aromatic rings. The third kappa shape index (κ3) is 9.38. The summed E-state index contributed by atoms with van der Waals surface area (Å²) in [5.41, 5.74) is 8.69. The number of hydrogen-bond donors (Lipinski definition) is 5. The van der Waals surface area contributed by atoms with Gasteiger partial charge in [0.15, 0.2) is 11.5 Å². The van der Waals surface area contributed by atoms with Crippen LogP contribution in [0.3, 0.4) is 0 Å². The van der Waals surface area contributed by atoms with Crippen molar-refractivity contribution in [2.45, 2.75) is 115 Å². The summed E-state index contributed by atoms with van der Waals surface area (Å²) in [4.78, 5) is 13.8. The first-order valence-electron chi connectivity index (χ1n) is 22.3. The number of aromatic hydroxyl groups is 1. The highest BCUT2D eigenvalue weighted by Gasteiger charge is 2.33. The van der Waals surface area contributed by atoms with E-state index < -0.39 is 12.2 Å². The molecule has 2 aliphatic heterocycles. The highest BCUT2D eigenvalue weighted by molar-refractivity contribution is 6.03. The fourth-order valence-electron chi connectivity index (χ4n) is 9.98. The van der Waals surface area contributed by atoms with Crippen molar-refractivity contribution in [3.8, 4) is 29.3 Å². The molecule has 8 bridgehead atoms. The van der Waals surface area contributed by atoms with E-state index in [4.69, 9.17) is 14.2 Å². The summed E-state index contributed by atoms with van der Waals surface area (Å²) in [7, 11) is 1.61. The van der Waals surface area contributed by atoms with E-state index in [2.05, 4.69) is 54.6 Å². The number of aliphatic hydroxyl groups is 3. The number of phenolic OH excluding ortho intramolecular Hbond substituents is 1. The highest BCUT2D eigenvalue weighted by atomic mass is 16.5. The molecule has 0 amide bonds. The van der Waals surface area contributed by atoms with Crippen LogP contribution in [0.1, 0.15) is 115 Å². The van der Waals surface area contributed by atoms with Crippen LogP contribution in [0.5, 0.6) is 17.2 Å². The molecule has 0 fully saturated rings. The average Bonchev–Trinajstić information content (AvgIpc) is 3.26. The standard InChI is InChI=1S/C53H59NO8/c1-32-11-18-44-47-31-62-50-24-35(13-20-49(50)60-3)12-16-41(58)27-42(61-22-21-37-15-19-43(46(47)30-55)53-51(37)48(59)28-45(32)52(44)53)26-38-25-40(57)17-14-36(38)9-5-4-7-34-8-6-10-39(23-34)54-29-33(2)56/h6,8,10-11,13-14,17-18,20,23-25,28,32-33,36-38,42,54-57,59H,4-5,7,9,12,15-16,19,26-27,29-31H2,1-3H3/t32-,33-,36-,37-,38+,42-/m0/s1. The van der Waals surface area contributed by atoms with Crippen LogP contribution in [0, 0.1) is 23.9 Å². The summed E-state index contributed by atoms with van der Waals surface area (Å²) in [5.74, 6) is 4.82. The van der Waals surface area contributed by atoms with Crippen LogP contribution in [0.25, 0.3) is 16.8 Å². The number of nitrogens with one attached hydrogen (secondary N) is 1. The molecule has 0 unspecified atom stereocenters. The topological polar surface area (TPSA) is 138 Å². The number of aliphatic hydroxyl groups excluding tert-OH is 3. The first kappa shape index (κ1) is 43.0. The molecule has 0 aromatic heterocycles. The quantitative estimate of drug-likeness (QED) is 0.0698. The lowest BCUT2D eigenvalue weighted by Gasteiger charge is -2.32. The Morgan fingerprint density at radius 3 is 2.68 bits per heavy atom. The molecule has 6 atom stereocenters. The maximum Gasteiger partial charge on any atom is 0.161 e. The first-order chi connectivity index (χ1) is 30.1. The van der Waals surface area contributed by atoms with Crippen molar-refractivity contribution in [3.63, 3.8) is 0 Å². The Labute approximate surface area is 365 Å². The summed E-state index contributed by atoms with van der Waals surface area (Å²) in [5, 5.41) is 48.4. The van der Waals surface area contributed by atoms with Crippen molar-refractivity contribution < 1.29 is 39.4 Å². The highest BCUT2D eigenvalue weighted by Crippen LogP contribution is 2.50. The van der Waals surface area contributed by atoms with E-state index >= 15 is 0 Å². The molecular formula is C53H59NO8. The van der Waals surface area contributed by atoms with Gasteiger partial charge < -0.3 is 40.0 Å². The molecular weight excluding hydrogens is 779 g/mol. The third-order valence-electron chi connectivity index (χ3n) is 13.2. The van der Waals surface area contributed by atoms with Crippen molar-refractivity contribution in [2.24, 2.45) is 11.8 Å². The average molecular weight is 838 g/mol. The zero-order valence-corrected chi connectivity index (χ0v) is 36.1. The Morgan fingerprint density at radius 2 is 1.85 bits per heavy atom. The molecule has 5 aliphatic rings. The number of benzene rings is 4. The van der Waals surface area contributed by atoms with Gasteiger partial charge >= 0.3 is 0 Å². The number of carbonyl (C=O) groups is 1. The van der Waals surface area contributed by atoms with E-state index in [9.17, 15) is 25.2 Å². The Morgan fingerprint density at radius 1 is 0.984 bits per heavy atom. The van der Waals surface area contributed by atoms with Crippen molar-refractivity contribution in [1.82, 2.24) is 0 Å². The van der Waals surface area contributed by atoms with Crippen LogP contribution >= 0.6 is 0 Å². The number of rotatable bonds is 12. The predicted octanol–water partition coefficient (Wildman–Crippen LogP) is 9.88. The summed E-state index contributed by atoms with van der Waals surface area (Å²) < 4.78 is 18.7. The molecule has 0 radical (unpaired) electrons. The molecule has 324 valence electrons. The number of anilines is 1. The fourth-order valence-corrected chi connectivity index (χ4v) is 9.98. The molecule has 9 nitrogen and oxygen atoms in total. The zero-order chi connectivity index (χ0) is 43.3. The number of Topliss-reactive ketones (excluding diaryl/α,β-unsaturated/α-hetero) is 1. The number of fused-ring (bicyclic) bond motifs is 7. The Hall–Kier alpha value is -5.69. The van der Waals surface area contributed by atoms with E-state index in [1.807, 2.05) is 42.5 Å². The smallest absolute Gasteiger partial charge is 0.161 e. The lowest BCUT2D eigenvalue weighted by atomic mass is 9.73. The Balaban J connectivity index is 1.08. The number of phenols is 1. The lowest BCUT2D eigenvalue weighted by Crippen LogP contribution is -2.24. The van der Waals surface area contributed by atoms with Gasteiger partial charge in [-0.1, -0.05) is 55.7 Å². The van der Waals surface area contributed by atoms with Gasteiger partial charge in [-0.05, 0) is 150 Å². The van der Waals surface area contributed by atoms with Crippen LogP contribution in [0.15, 0.2) is 78.6 Å². The van der Waals surface area contributed by atoms with Crippen LogP contribution in [0.4, 0.5) is 5.69 Å². The largest absolute Gasteiger partial charge is 0.508 e.